The van der Waals surface area contributed by atoms with E-state index in [0.717, 1.165) is 0 Å². The topological polar surface area (TPSA) is 27.7 Å². The van der Waals surface area contributed by atoms with E-state index >= 15 is 0 Å². The van der Waals surface area contributed by atoms with Gasteiger partial charge in [0.1, 0.15) is 6.61 Å². The van der Waals surface area contributed by atoms with Crippen LogP contribution in [0, 0.1) is 0 Å². The smallest absolute Gasteiger partial charge is 0.201 e. The summed E-state index contributed by atoms with van der Waals surface area (Å²) in [5.41, 5.74) is 0. The van der Waals surface area contributed by atoms with Crippen LogP contribution in [0.15, 0.2) is 12.2 Å². The maximum atomic E-state index is 5.58. The van der Waals surface area contributed by atoms with E-state index < -0.39 is 8.32 Å². The van der Waals surface area contributed by atoms with E-state index in [-0.39, 0.29) is 6.29 Å². The SMILES string of the molecule is C[Si](C)(C)OC1C=CCOO1. The van der Waals surface area contributed by atoms with E-state index in [0.29, 0.717) is 6.61 Å². The highest BCUT2D eigenvalue weighted by Gasteiger charge is 2.21. The number of hydrogen-bond donors (Lipinski definition) is 0. The van der Waals surface area contributed by atoms with Crippen molar-refractivity contribution in [2.24, 2.45) is 0 Å². The summed E-state index contributed by atoms with van der Waals surface area (Å²) in [5, 5.41) is 0. The molecule has 11 heavy (non-hydrogen) atoms. The predicted octanol–water partition coefficient (Wildman–Crippen LogP) is 1.68. The standard InChI is InChI=1S/C7H14O3Si/c1-11(2,3)10-7-5-4-6-8-9-7/h4-5,7H,6H2,1-3H3. The van der Waals surface area contributed by atoms with E-state index in [1.165, 1.54) is 0 Å². The van der Waals surface area contributed by atoms with Crippen molar-refractivity contribution >= 4 is 8.32 Å². The molecule has 0 aromatic rings. The Hall–Kier alpha value is -0.163. The molecular formula is C7H14O3Si. The van der Waals surface area contributed by atoms with Crippen LogP contribution in [0.2, 0.25) is 19.6 Å². The molecule has 0 fully saturated rings. The fourth-order valence-corrected chi connectivity index (χ4v) is 1.57. The number of hydrogen-bond acceptors (Lipinski definition) is 3. The lowest BCUT2D eigenvalue weighted by Crippen LogP contribution is -2.33. The van der Waals surface area contributed by atoms with Crippen LogP contribution in [0.25, 0.3) is 0 Å². The summed E-state index contributed by atoms with van der Waals surface area (Å²) < 4.78 is 5.58. The first-order chi connectivity index (χ1) is 5.08. The second kappa shape index (κ2) is 3.49. The van der Waals surface area contributed by atoms with Gasteiger partial charge < -0.3 is 4.43 Å². The summed E-state index contributed by atoms with van der Waals surface area (Å²) in [7, 11) is -1.50. The van der Waals surface area contributed by atoms with Gasteiger partial charge in [-0.05, 0) is 25.7 Å². The van der Waals surface area contributed by atoms with Crippen molar-refractivity contribution in [2.75, 3.05) is 6.61 Å². The first-order valence-corrected chi connectivity index (χ1v) is 7.11. The molecule has 0 radical (unpaired) electrons. The van der Waals surface area contributed by atoms with Gasteiger partial charge in [-0.15, -0.1) is 0 Å². The molecule has 0 saturated heterocycles. The molecule has 0 aromatic carbocycles. The average Bonchev–Trinajstić information content (AvgIpc) is 1.85. The Kier molecular flexibility index (Phi) is 2.83. The Labute approximate surface area is 68.0 Å². The van der Waals surface area contributed by atoms with Gasteiger partial charge in [-0.3, -0.25) is 0 Å². The number of rotatable bonds is 2. The minimum atomic E-state index is -1.50. The quantitative estimate of drug-likeness (QED) is 0.362. The third-order valence-electron chi connectivity index (χ3n) is 1.09. The van der Waals surface area contributed by atoms with Crippen LogP contribution >= 0.6 is 0 Å². The molecule has 1 atom stereocenters. The first kappa shape index (κ1) is 8.93. The van der Waals surface area contributed by atoms with E-state index in [1.54, 1.807) is 0 Å². The van der Waals surface area contributed by atoms with Crippen molar-refractivity contribution in [1.29, 1.82) is 0 Å². The van der Waals surface area contributed by atoms with Gasteiger partial charge in [-0.25, -0.2) is 9.78 Å². The highest BCUT2D eigenvalue weighted by atomic mass is 28.4. The normalized spacial score (nSPS) is 25.5. The minimum absolute atomic E-state index is 0.296. The van der Waals surface area contributed by atoms with Crippen LogP contribution in [0.3, 0.4) is 0 Å². The Bertz CT molecular complexity index is 150. The molecular weight excluding hydrogens is 160 g/mol. The summed E-state index contributed by atoms with van der Waals surface area (Å²) in [6.45, 7) is 6.85. The van der Waals surface area contributed by atoms with Gasteiger partial charge in [0.15, 0.2) is 8.32 Å². The van der Waals surface area contributed by atoms with Gasteiger partial charge >= 0.3 is 0 Å². The largest absolute Gasteiger partial charge is 0.388 e. The average molecular weight is 174 g/mol. The third-order valence-corrected chi connectivity index (χ3v) is 2.03. The van der Waals surface area contributed by atoms with Crippen molar-refractivity contribution in [3.63, 3.8) is 0 Å². The second-order valence-corrected chi connectivity index (χ2v) is 7.87. The molecule has 1 unspecified atom stereocenters. The van der Waals surface area contributed by atoms with E-state index in [1.807, 2.05) is 12.2 Å². The van der Waals surface area contributed by atoms with E-state index in [9.17, 15) is 0 Å². The van der Waals surface area contributed by atoms with Gasteiger partial charge in [-0.2, -0.15) is 0 Å². The minimum Gasteiger partial charge on any atom is -0.388 e. The molecule has 0 spiro atoms. The molecule has 0 aromatic heterocycles. The summed E-state index contributed by atoms with van der Waals surface area (Å²) in [6.07, 6.45) is 3.48. The highest BCUT2D eigenvalue weighted by Crippen LogP contribution is 2.11. The lowest BCUT2D eigenvalue weighted by molar-refractivity contribution is -0.351. The zero-order valence-electron chi connectivity index (χ0n) is 7.16. The van der Waals surface area contributed by atoms with E-state index in [2.05, 4.69) is 19.6 Å². The highest BCUT2D eigenvalue weighted by molar-refractivity contribution is 6.69. The Morgan fingerprint density at radius 1 is 1.45 bits per heavy atom. The van der Waals surface area contributed by atoms with Gasteiger partial charge in [0.05, 0.1) is 0 Å². The first-order valence-electron chi connectivity index (χ1n) is 3.71. The molecule has 1 rings (SSSR count). The zero-order valence-corrected chi connectivity index (χ0v) is 8.16. The third kappa shape index (κ3) is 3.67. The van der Waals surface area contributed by atoms with Crippen LogP contribution in [0.4, 0.5) is 0 Å². The molecule has 0 saturated carbocycles. The fourth-order valence-electron chi connectivity index (χ4n) is 0.752. The summed E-state index contributed by atoms with van der Waals surface area (Å²) in [5.74, 6) is 0. The van der Waals surface area contributed by atoms with Gasteiger partial charge in [-0.1, -0.05) is 6.08 Å². The second-order valence-electron chi connectivity index (χ2n) is 3.41. The molecule has 0 aliphatic carbocycles. The van der Waals surface area contributed by atoms with Crippen LogP contribution in [0.1, 0.15) is 0 Å². The van der Waals surface area contributed by atoms with Gasteiger partial charge in [0.25, 0.3) is 0 Å². The fraction of sp³-hybridized carbons (Fsp3) is 0.714. The summed E-state index contributed by atoms with van der Waals surface area (Å²) in [4.78, 5) is 9.62. The summed E-state index contributed by atoms with van der Waals surface area (Å²) >= 11 is 0. The molecule has 0 amide bonds. The van der Waals surface area contributed by atoms with E-state index in [4.69, 9.17) is 14.2 Å². The Balaban J connectivity index is 2.36. The Morgan fingerprint density at radius 3 is 2.64 bits per heavy atom. The van der Waals surface area contributed by atoms with Gasteiger partial charge in [0, 0.05) is 0 Å². The summed E-state index contributed by atoms with van der Waals surface area (Å²) in [6, 6.07) is 0. The van der Waals surface area contributed by atoms with Crippen molar-refractivity contribution in [3.05, 3.63) is 12.2 Å². The van der Waals surface area contributed by atoms with Crippen molar-refractivity contribution in [1.82, 2.24) is 0 Å². The van der Waals surface area contributed by atoms with Crippen molar-refractivity contribution < 1.29 is 14.2 Å². The molecule has 1 aliphatic rings. The lowest BCUT2D eigenvalue weighted by Gasteiger charge is -2.24. The predicted molar refractivity (Wildman–Crippen MR) is 44.4 cm³/mol. The molecule has 1 heterocycles. The van der Waals surface area contributed by atoms with Crippen molar-refractivity contribution in [3.8, 4) is 0 Å². The maximum Gasteiger partial charge on any atom is 0.201 e. The van der Waals surface area contributed by atoms with Crippen LogP contribution in [-0.4, -0.2) is 21.2 Å². The van der Waals surface area contributed by atoms with Crippen LogP contribution in [0.5, 0.6) is 0 Å². The van der Waals surface area contributed by atoms with Crippen molar-refractivity contribution in [2.45, 2.75) is 25.9 Å². The monoisotopic (exact) mass is 174 g/mol. The molecule has 4 heteroatoms. The zero-order chi connectivity index (χ0) is 8.32. The molecule has 0 N–H and O–H groups in total. The molecule has 3 nitrogen and oxygen atoms in total. The molecule has 1 aliphatic heterocycles. The Morgan fingerprint density at radius 2 is 2.18 bits per heavy atom. The van der Waals surface area contributed by atoms with Crippen LogP contribution < -0.4 is 0 Å². The molecule has 0 bridgehead atoms. The lowest BCUT2D eigenvalue weighted by atomic mass is 10.5. The molecule has 64 valence electrons. The van der Waals surface area contributed by atoms with Gasteiger partial charge in [0.2, 0.25) is 6.29 Å². The van der Waals surface area contributed by atoms with Crippen LogP contribution in [-0.2, 0) is 14.2 Å². The maximum absolute atomic E-state index is 5.58.